The minimum Gasteiger partial charge on any atom is -0.480 e. The molecule has 1 aliphatic rings. The number of benzene rings is 1. The van der Waals surface area contributed by atoms with Gasteiger partial charge >= 0.3 is 0 Å². The van der Waals surface area contributed by atoms with E-state index in [0.717, 1.165) is 24.5 Å². The maximum atomic E-state index is 13.1. The van der Waals surface area contributed by atoms with E-state index in [1.807, 2.05) is 12.1 Å². The van der Waals surface area contributed by atoms with Gasteiger partial charge in [-0.1, -0.05) is 6.07 Å². The molecule has 1 aromatic heterocycles. The molecule has 0 radical (unpaired) electrons. The molecule has 2 aromatic rings. The lowest BCUT2D eigenvalue weighted by molar-refractivity contribution is -0.127. The second-order valence-corrected chi connectivity index (χ2v) is 7.13. The van der Waals surface area contributed by atoms with E-state index >= 15 is 0 Å². The largest absolute Gasteiger partial charge is 0.480 e. The molecule has 5 nitrogen and oxygen atoms in total. The Morgan fingerprint density at radius 1 is 1.35 bits per heavy atom. The number of hydrogen-bond acceptors (Lipinski definition) is 4. The van der Waals surface area contributed by atoms with Crippen LogP contribution in [0.15, 0.2) is 41.0 Å². The average molecular weight is 422 g/mol. The molecule has 0 aliphatic carbocycles. The van der Waals surface area contributed by atoms with E-state index in [1.165, 1.54) is 31.0 Å². The van der Waals surface area contributed by atoms with Crippen LogP contribution in [0.25, 0.3) is 0 Å². The molecule has 1 saturated heterocycles. The number of halogens is 2. The first-order valence-electron chi connectivity index (χ1n) is 8.62. The zero-order valence-electron chi connectivity index (χ0n) is 14.5. The van der Waals surface area contributed by atoms with E-state index in [9.17, 15) is 9.18 Å². The monoisotopic (exact) mass is 421 g/mol. The zero-order valence-corrected chi connectivity index (χ0v) is 16.1. The summed E-state index contributed by atoms with van der Waals surface area (Å²) in [4.78, 5) is 19.0. The van der Waals surface area contributed by atoms with Crippen molar-refractivity contribution < 1.29 is 13.9 Å². The predicted octanol–water partition coefficient (Wildman–Crippen LogP) is 3.67. The van der Waals surface area contributed by atoms with Gasteiger partial charge in [-0.3, -0.25) is 4.79 Å². The first kappa shape index (κ1) is 18.6. The highest BCUT2D eigenvalue weighted by molar-refractivity contribution is 9.10. The van der Waals surface area contributed by atoms with Gasteiger partial charge in [0.15, 0.2) is 6.10 Å². The fraction of sp³-hybridized carbons (Fsp3) is 0.368. The molecule has 0 saturated carbocycles. The fourth-order valence-corrected chi connectivity index (χ4v) is 3.25. The van der Waals surface area contributed by atoms with Crippen LogP contribution in [0.2, 0.25) is 0 Å². The highest BCUT2D eigenvalue weighted by Crippen LogP contribution is 2.26. The number of pyridine rings is 1. The van der Waals surface area contributed by atoms with Gasteiger partial charge in [0.2, 0.25) is 0 Å². The predicted molar refractivity (Wildman–Crippen MR) is 102 cm³/mol. The number of carbonyl (C=O) groups is 1. The van der Waals surface area contributed by atoms with Crippen LogP contribution in [0.3, 0.4) is 0 Å². The lowest BCUT2D eigenvalue weighted by atomic mass is 10.2. The first-order chi connectivity index (χ1) is 12.5. The number of hydrogen-bond donors (Lipinski definition) is 1. The van der Waals surface area contributed by atoms with Gasteiger partial charge in [0.05, 0.1) is 4.47 Å². The molecule has 2 heterocycles. The Labute approximate surface area is 160 Å². The number of nitrogens with zero attached hydrogens (tertiary/aromatic N) is 2. The molecule has 1 aromatic carbocycles. The molecule has 1 fully saturated rings. The van der Waals surface area contributed by atoms with E-state index in [4.69, 9.17) is 4.74 Å². The summed E-state index contributed by atoms with van der Waals surface area (Å²) >= 11 is 3.23. The van der Waals surface area contributed by atoms with Gasteiger partial charge in [-0.2, -0.15) is 0 Å². The van der Waals surface area contributed by atoms with Gasteiger partial charge in [0.25, 0.3) is 5.91 Å². The van der Waals surface area contributed by atoms with Crippen molar-refractivity contribution in [2.75, 3.05) is 18.0 Å². The summed E-state index contributed by atoms with van der Waals surface area (Å²) in [5.74, 6) is 0.789. The van der Waals surface area contributed by atoms with Gasteiger partial charge in [-0.15, -0.1) is 0 Å². The summed E-state index contributed by atoms with van der Waals surface area (Å²) in [5, 5.41) is 2.83. The minimum absolute atomic E-state index is 0.246. The Kier molecular flexibility index (Phi) is 6.08. The van der Waals surface area contributed by atoms with Crippen molar-refractivity contribution in [3.63, 3.8) is 0 Å². The number of aromatic nitrogens is 1. The van der Waals surface area contributed by atoms with Crippen LogP contribution in [-0.2, 0) is 11.3 Å². The van der Waals surface area contributed by atoms with E-state index in [-0.39, 0.29) is 11.7 Å². The second kappa shape index (κ2) is 8.49. The Morgan fingerprint density at radius 2 is 2.12 bits per heavy atom. The van der Waals surface area contributed by atoms with E-state index in [1.54, 1.807) is 13.1 Å². The molecular weight excluding hydrogens is 401 g/mol. The quantitative estimate of drug-likeness (QED) is 0.772. The molecule has 1 N–H and O–H groups in total. The van der Waals surface area contributed by atoms with Crippen LogP contribution >= 0.6 is 15.9 Å². The lowest BCUT2D eigenvalue weighted by Gasteiger charge is -2.17. The number of ether oxygens (including phenoxy) is 1. The highest BCUT2D eigenvalue weighted by Gasteiger charge is 2.17. The second-order valence-electron chi connectivity index (χ2n) is 6.27. The van der Waals surface area contributed by atoms with Gasteiger partial charge in [-0.25, -0.2) is 9.37 Å². The molecule has 7 heteroatoms. The summed E-state index contributed by atoms with van der Waals surface area (Å²) < 4.78 is 19.2. The first-order valence-corrected chi connectivity index (χ1v) is 9.41. The average Bonchev–Trinajstić information content (AvgIpc) is 3.17. The molecule has 1 amide bonds. The van der Waals surface area contributed by atoms with Gasteiger partial charge in [0, 0.05) is 25.8 Å². The standard InChI is InChI=1S/C19H21BrFN3O2/c1-13(26-17-6-5-15(21)10-16(17)20)19(25)23-12-14-4-7-18(22-11-14)24-8-2-3-9-24/h4-7,10-11,13H,2-3,8-9,12H2,1H3,(H,23,25). The SMILES string of the molecule is CC(Oc1ccc(F)cc1Br)C(=O)NCc1ccc(N2CCCC2)nc1. The van der Waals surface area contributed by atoms with Gasteiger partial charge < -0.3 is 15.0 Å². The van der Waals surface area contributed by atoms with Crippen molar-refractivity contribution in [3.8, 4) is 5.75 Å². The Hall–Kier alpha value is -2.15. The third-order valence-corrected chi connectivity index (χ3v) is 4.89. The Balaban J connectivity index is 1.51. The smallest absolute Gasteiger partial charge is 0.261 e. The number of rotatable bonds is 6. The van der Waals surface area contributed by atoms with E-state index in [0.29, 0.717) is 16.8 Å². The summed E-state index contributed by atoms with van der Waals surface area (Å²) in [6.45, 7) is 4.14. The number of anilines is 1. The topological polar surface area (TPSA) is 54.5 Å². The molecule has 0 bridgehead atoms. The molecule has 26 heavy (non-hydrogen) atoms. The van der Waals surface area contributed by atoms with Gasteiger partial charge in [0.1, 0.15) is 17.4 Å². The van der Waals surface area contributed by atoms with Crippen molar-refractivity contribution in [1.82, 2.24) is 10.3 Å². The maximum Gasteiger partial charge on any atom is 0.261 e. The third kappa shape index (κ3) is 4.72. The fourth-order valence-electron chi connectivity index (χ4n) is 2.80. The Morgan fingerprint density at radius 3 is 2.77 bits per heavy atom. The molecule has 138 valence electrons. The highest BCUT2D eigenvalue weighted by atomic mass is 79.9. The van der Waals surface area contributed by atoms with Crippen molar-refractivity contribution >= 4 is 27.7 Å². The molecule has 1 unspecified atom stereocenters. The van der Waals surface area contributed by atoms with Crippen LogP contribution in [0.4, 0.5) is 10.2 Å². The number of amides is 1. The summed E-state index contributed by atoms with van der Waals surface area (Å²) in [7, 11) is 0. The summed E-state index contributed by atoms with van der Waals surface area (Å²) in [5.41, 5.74) is 0.927. The number of nitrogens with one attached hydrogen (secondary N) is 1. The molecule has 3 rings (SSSR count). The lowest BCUT2D eigenvalue weighted by Crippen LogP contribution is -2.36. The van der Waals surface area contributed by atoms with Gasteiger partial charge in [-0.05, 0) is 65.5 Å². The van der Waals surface area contributed by atoms with Crippen molar-refractivity contribution in [3.05, 3.63) is 52.4 Å². The molecular formula is C19H21BrFN3O2. The van der Waals surface area contributed by atoms with Crippen LogP contribution in [-0.4, -0.2) is 30.1 Å². The zero-order chi connectivity index (χ0) is 18.5. The van der Waals surface area contributed by atoms with Crippen molar-refractivity contribution in [1.29, 1.82) is 0 Å². The minimum atomic E-state index is -0.700. The summed E-state index contributed by atoms with van der Waals surface area (Å²) in [6, 6.07) is 8.04. The summed E-state index contributed by atoms with van der Waals surface area (Å²) in [6.07, 6.45) is 3.51. The van der Waals surface area contributed by atoms with Crippen LogP contribution in [0, 0.1) is 5.82 Å². The Bertz CT molecular complexity index is 764. The molecule has 1 atom stereocenters. The van der Waals surface area contributed by atoms with E-state index < -0.39 is 6.10 Å². The molecule has 1 aliphatic heterocycles. The van der Waals surface area contributed by atoms with E-state index in [2.05, 4.69) is 31.1 Å². The van der Waals surface area contributed by atoms with Crippen molar-refractivity contribution in [2.45, 2.75) is 32.4 Å². The van der Waals surface area contributed by atoms with Crippen molar-refractivity contribution in [2.24, 2.45) is 0 Å². The van der Waals surface area contributed by atoms with Crippen LogP contribution in [0.1, 0.15) is 25.3 Å². The van der Waals surface area contributed by atoms with Crippen LogP contribution < -0.4 is 15.0 Å². The number of carbonyl (C=O) groups excluding carboxylic acids is 1. The normalized spacial score (nSPS) is 15.0. The molecule has 0 spiro atoms. The third-order valence-electron chi connectivity index (χ3n) is 4.27. The van der Waals surface area contributed by atoms with Crippen LogP contribution in [0.5, 0.6) is 5.75 Å². The maximum absolute atomic E-state index is 13.1.